The van der Waals surface area contributed by atoms with Crippen molar-refractivity contribution in [2.24, 2.45) is 5.92 Å². The number of sulfonamides is 1. The highest BCUT2D eigenvalue weighted by molar-refractivity contribution is 7.89. The lowest BCUT2D eigenvalue weighted by Gasteiger charge is -2.32. The Labute approximate surface area is 186 Å². The van der Waals surface area contributed by atoms with Crippen LogP contribution in [0.1, 0.15) is 24.1 Å². The topological polar surface area (TPSA) is 66.7 Å². The summed E-state index contributed by atoms with van der Waals surface area (Å²) in [4.78, 5) is 7.24. The van der Waals surface area contributed by atoms with Gasteiger partial charge in [0.1, 0.15) is 0 Å². The minimum absolute atomic E-state index is 0.258. The van der Waals surface area contributed by atoms with Crippen LogP contribution >= 0.6 is 23.2 Å². The number of imidazole rings is 1. The van der Waals surface area contributed by atoms with Gasteiger partial charge in [0.05, 0.1) is 20.6 Å². The summed E-state index contributed by atoms with van der Waals surface area (Å²) in [5.74, 6) is 0.258. The van der Waals surface area contributed by atoms with E-state index in [0.29, 0.717) is 33.7 Å². The summed E-state index contributed by atoms with van der Waals surface area (Å²) >= 11 is 12.3. The number of fused-ring (bicyclic) bond motifs is 1. The molecule has 4 rings (SSSR count). The highest BCUT2D eigenvalue weighted by Gasteiger charge is 2.23. The van der Waals surface area contributed by atoms with Crippen LogP contribution in [0.2, 0.25) is 10.0 Å². The van der Waals surface area contributed by atoms with Gasteiger partial charge in [0.15, 0.2) is 5.65 Å². The van der Waals surface area contributed by atoms with Crippen LogP contribution in [0.25, 0.3) is 5.65 Å². The molecule has 0 radical (unpaired) electrons. The summed E-state index contributed by atoms with van der Waals surface area (Å²) in [6, 6.07) is 8.60. The molecule has 2 aromatic heterocycles. The molecule has 1 saturated heterocycles. The van der Waals surface area contributed by atoms with Crippen molar-refractivity contribution >= 4 is 38.9 Å². The van der Waals surface area contributed by atoms with Gasteiger partial charge in [-0.15, -0.1) is 0 Å². The van der Waals surface area contributed by atoms with E-state index in [-0.39, 0.29) is 5.92 Å². The molecular formula is C21H24Cl2N4O2S. The van der Waals surface area contributed by atoms with Crippen LogP contribution in [0.15, 0.2) is 47.6 Å². The van der Waals surface area contributed by atoms with Crippen molar-refractivity contribution < 1.29 is 8.42 Å². The quantitative estimate of drug-likeness (QED) is 0.592. The maximum atomic E-state index is 12.6. The fourth-order valence-corrected chi connectivity index (χ4v) is 5.51. The molecule has 160 valence electrons. The molecule has 1 unspecified atom stereocenters. The second-order valence-electron chi connectivity index (χ2n) is 7.88. The fourth-order valence-electron chi connectivity index (χ4n) is 3.87. The van der Waals surface area contributed by atoms with Gasteiger partial charge in [0.25, 0.3) is 0 Å². The van der Waals surface area contributed by atoms with E-state index < -0.39 is 10.0 Å². The van der Waals surface area contributed by atoms with Crippen molar-refractivity contribution in [3.05, 3.63) is 64.0 Å². The van der Waals surface area contributed by atoms with Crippen molar-refractivity contribution in [3.8, 4) is 0 Å². The third-order valence-electron chi connectivity index (χ3n) is 5.40. The van der Waals surface area contributed by atoms with E-state index in [0.717, 1.165) is 37.2 Å². The number of aryl methyl sites for hydroxylation is 1. The number of aromatic nitrogens is 2. The molecule has 9 heteroatoms. The van der Waals surface area contributed by atoms with E-state index in [1.165, 1.54) is 0 Å². The summed E-state index contributed by atoms with van der Waals surface area (Å²) in [5.41, 5.74) is 2.64. The smallest absolute Gasteiger partial charge is 0.240 e. The standard InChI is InChI=1S/C21H24Cl2N4O2S/c1-15-4-6-19(7-5-15)30(28,29)24-10-16-3-2-8-26(11-16)13-18-14-27-12-17(22)9-20(23)21(27)25-18/h4-7,9,12,14,16,24H,2-3,8,10-11,13H2,1H3. The van der Waals surface area contributed by atoms with Gasteiger partial charge in [-0.05, 0) is 50.4 Å². The number of likely N-dealkylation sites (tertiary alicyclic amines) is 1. The molecule has 0 amide bonds. The van der Waals surface area contributed by atoms with Crippen molar-refractivity contribution in [2.45, 2.75) is 31.2 Å². The molecule has 3 aromatic rings. The van der Waals surface area contributed by atoms with Crippen LogP contribution in [-0.4, -0.2) is 42.3 Å². The predicted molar refractivity (Wildman–Crippen MR) is 120 cm³/mol. The lowest BCUT2D eigenvalue weighted by Crippen LogP contribution is -2.40. The second-order valence-corrected chi connectivity index (χ2v) is 10.5. The summed E-state index contributed by atoms with van der Waals surface area (Å²) in [6.07, 6.45) is 5.76. The van der Waals surface area contributed by atoms with Crippen molar-refractivity contribution in [2.75, 3.05) is 19.6 Å². The molecule has 1 fully saturated rings. The van der Waals surface area contributed by atoms with E-state index in [9.17, 15) is 8.42 Å². The Morgan fingerprint density at radius 1 is 1.20 bits per heavy atom. The number of nitrogens with zero attached hydrogens (tertiary/aromatic N) is 3. The minimum atomic E-state index is -3.49. The van der Waals surface area contributed by atoms with Crippen molar-refractivity contribution in [1.29, 1.82) is 0 Å². The molecular weight excluding hydrogens is 443 g/mol. The Bertz CT molecular complexity index is 1150. The zero-order valence-corrected chi connectivity index (χ0v) is 19.0. The molecule has 1 aliphatic heterocycles. The zero-order valence-electron chi connectivity index (χ0n) is 16.7. The Kier molecular flexibility index (Phi) is 6.36. The fraction of sp³-hybridized carbons (Fsp3) is 0.381. The van der Waals surface area contributed by atoms with Gasteiger partial charge in [0.2, 0.25) is 10.0 Å². The van der Waals surface area contributed by atoms with Crippen LogP contribution in [0, 0.1) is 12.8 Å². The number of nitrogens with one attached hydrogen (secondary N) is 1. The molecule has 0 saturated carbocycles. The monoisotopic (exact) mass is 466 g/mol. The summed E-state index contributed by atoms with van der Waals surface area (Å²) in [7, 11) is -3.49. The highest BCUT2D eigenvalue weighted by atomic mass is 35.5. The third-order valence-corrected chi connectivity index (χ3v) is 7.33. The van der Waals surface area contributed by atoms with E-state index in [1.807, 2.05) is 29.7 Å². The molecule has 3 heterocycles. The summed E-state index contributed by atoms with van der Waals surface area (Å²) < 4.78 is 29.7. The largest absolute Gasteiger partial charge is 0.304 e. The SMILES string of the molecule is Cc1ccc(S(=O)(=O)NCC2CCCN(Cc3cn4cc(Cl)cc(Cl)c4n3)C2)cc1. The molecule has 1 aliphatic rings. The van der Waals surface area contributed by atoms with Gasteiger partial charge in [-0.2, -0.15) is 0 Å². The average Bonchev–Trinajstić information content (AvgIpc) is 3.10. The predicted octanol–water partition coefficient (Wildman–Crippen LogP) is 4.14. The first-order valence-electron chi connectivity index (χ1n) is 9.91. The Morgan fingerprint density at radius 2 is 1.97 bits per heavy atom. The van der Waals surface area contributed by atoms with E-state index in [4.69, 9.17) is 23.2 Å². The van der Waals surface area contributed by atoms with Gasteiger partial charge in [-0.25, -0.2) is 18.1 Å². The number of halogens is 2. The first kappa shape index (κ1) is 21.6. The van der Waals surface area contributed by atoms with Crippen LogP contribution in [-0.2, 0) is 16.6 Å². The van der Waals surface area contributed by atoms with Crippen molar-refractivity contribution in [1.82, 2.24) is 19.0 Å². The minimum Gasteiger partial charge on any atom is -0.304 e. The molecule has 0 bridgehead atoms. The Morgan fingerprint density at radius 3 is 2.73 bits per heavy atom. The Balaban J connectivity index is 1.37. The molecule has 0 aliphatic carbocycles. The highest BCUT2D eigenvalue weighted by Crippen LogP contribution is 2.23. The molecule has 0 spiro atoms. The van der Waals surface area contributed by atoms with Gasteiger partial charge < -0.3 is 4.40 Å². The van der Waals surface area contributed by atoms with Gasteiger partial charge >= 0.3 is 0 Å². The molecule has 1 aromatic carbocycles. The van der Waals surface area contributed by atoms with Gasteiger partial charge in [0, 0.05) is 32.0 Å². The summed E-state index contributed by atoms with van der Waals surface area (Å²) in [5, 5.41) is 1.09. The zero-order chi connectivity index (χ0) is 21.3. The number of pyridine rings is 1. The normalized spacial score (nSPS) is 18.2. The van der Waals surface area contributed by atoms with E-state index in [2.05, 4.69) is 14.6 Å². The van der Waals surface area contributed by atoms with Crippen LogP contribution in [0.4, 0.5) is 0 Å². The molecule has 30 heavy (non-hydrogen) atoms. The molecule has 6 nitrogen and oxygen atoms in total. The van der Waals surface area contributed by atoms with Gasteiger partial charge in [-0.3, -0.25) is 4.90 Å². The van der Waals surface area contributed by atoms with Crippen LogP contribution < -0.4 is 4.72 Å². The average molecular weight is 467 g/mol. The third kappa shape index (κ3) is 4.98. The number of rotatable bonds is 6. The maximum Gasteiger partial charge on any atom is 0.240 e. The summed E-state index contributed by atoms with van der Waals surface area (Å²) in [6.45, 7) is 4.84. The number of hydrogen-bond acceptors (Lipinski definition) is 4. The van der Waals surface area contributed by atoms with E-state index >= 15 is 0 Å². The first-order chi connectivity index (χ1) is 14.3. The maximum absolute atomic E-state index is 12.6. The number of piperidine rings is 1. The van der Waals surface area contributed by atoms with Gasteiger partial charge in [-0.1, -0.05) is 40.9 Å². The Hall–Kier alpha value is -1.64. The molecule has 1 N–H and O–H groups in total. The second kappa shape index (κ2) is 8.85. The lowest BCUT2D eigenvalue weighted by atomic mass is 9.98. The first-order valence-corrected chi connectivity index (χ1v) is 12.2. The number of benzene rings is 1. The molecule has 1 atom stereocenters. The van der Waals surface area contributed by atoms with E-state index in [1.54, 1.807) is 24.4 Å². The van der Waals surface area contributed by atoms with Crippen LogP contribution in [0.5, 0.6) is 0 Å². The lowest BCUT2D eigenvalue weighted by molar-refractivity contribution is 0.167. The van der Waals surface area contributed by atoms with Crippen LogP contribution in [0.3, 0.4) is 0 Å². The number of hydrogen-bond donors (Lipinski definition) is 1. The van der Waals surface area contributed by atoms with Crippen molar-refractivity contribution in [3.63, 3.8) is 0 Å².